The van der Waals surface area contributed by atoms with Crippen molar-refractivity contribution >= 4 is 60.8 Å². The second-order valence-corrected chi connectivity index (χ2v) is 8.78. The molecule has 2 aromatic carbocycles. The van der Waals surface area contributed by atoms with Crippen molar-refractivity contribution in [2.75, 3.05) is 25.0 Å². The highest BCUT2D eigenvalue weighted by Gasteiger charge is 2.31. The van der Waals surface area contributed by atoms with Gasteiger partial charge in [0.1, 0.15) is 5.75 Å². The van der Waals surface area contributed by atoms with Crippen molar-refractivity contribution in [2.45, 2.75) is 19.1 Å². The molecule has 1 aliphatic rings. The number of aromatic nitrogens is 1. The number of rotatable bonds is 5. The Kier molecular flexibility index (Phi) is 13.3. The molecule has 0 bridgehead atoms. The van der Waals surface area contributed by atoms with E-state index in [9.17, 15) is 27.6 Å². The van der Waals surface area contributed by atoms with E-state index in [-0.39, 0.29) is 60.6 Å². The van der Waals surface area contributed by atoms with Gasteiger partial charge in [0.15, 0.2) is 0 Å². The van der Waals surface area contributed by atoms with E-state index in [1.54, 1.807) is 34.1 Å². The topological polar surface area (TPSA) is 130 Å². The highest BCUT2D eigenvalue weighted by atomic mass is 35.5. The number of nitrogens with one attached hydrogen (secondary N) is 2. The lowest BCUT2D eigenvalue weighted by Crippen LogP contribution is -2.58. The summed E-state index contributed by atoms with van der Waals surface area (Å²) in [6.07, 6.45) is -3.13. The van der Waals surface area contributed by atoms with Gasteiger partial charge in [-0.3, -0.25) is 15.0 Å². The third kappa shape index (κ3) is 8.86. The first-order chi connectivity index (χ1) is 18.5. The molecule has 1 aromatic heterocycles. The quantitative estimate of drug-likeness (QED) is 0.199. The molecule has 1 aliphatic heterocycles. The number of hydrazine groups is 1. The second kappa shape index (κ2) is 15.4. The summed E-state index contributed by atoms with van der Waals surface area (Å²) in [6.45, 7) is 2.96. The van der Waals surface area contributed by atoms with Crippen LogP contribution in [0.1, 0.15) is 33.2 Å². The standard InChI is InChI=1S/C26H25F3N6O4.3ClH/c1-16-15-34(25(38)33-30)12-13-35(16)24(37)18-4-9-21(10-5-18)39-22-11-8-20(14-31-22)32-23(36)17-2-6-19(7-3-17)26(27,28)29;;;/h2-11,14,16H,12-13,15,30H2,1H3,(H,32,36)(H,33,38);3*1H. The van der Waals surface area contributed by atoms with E-state index >= 15 is 0 Å². The Morgan fingerprint density at radius 2 is 1.55 bits per heavy atom. The van der Waals surface area contributed by atoms with Crippen LogP contribution in [0.25, 0.3) is 0 Å². The molecule has 1 unspecified atom stereocenters. The maximum absolute atomic E-state index is 13.0. The maximum Gasteiger partial charge on any atom is 0.416 e. The molecule has 0 spiro atoms. The van der Waals surface area contributed by atoms with E-state index in [1.807, 2.05) is 6.92 Å². The van der Waals surface area contributed by atoms with Crippen LogP contribution in [-0.4, -0.2) is 58.3 Å². The predicted octanol–water partition coefficient (Wildman–Crippen LogP) is 5.14. The van der Waals surface area contributed by atoms with Crippen LogP contribution in [0.2, 0.25) is 0 Å². The zero-order chi connectivity index (χ0) is 28.2. The number of benzene rings is 2. The van der Waals surface area contributed by atoms with E-state index in [0.717, 1.165) is 24.3 Å². The molecule has 0 saturated carbocycles. The van der Waals surface area contributed by atoms with Crippen molar-refractivity contribution in [2.24, 2.45) is 5.84 Å². The van der Waals surface area contributed by atoms with Gasteiger partial charge in [-0.2, -0.15) is 13.2 Å². The zero-order valence-electron chi connectivity index (χ0n) is 22.0. The third-order valence-corrected chi connectivity index (χ3v) is 6.09. The lowest BCUT2D eigenvalue weighted by Gasteiger charge is -2.39. The van der Waals surface area contributed by atoms with Gasteiger partial charge in [0.05, 0.1) is 17.4 Å². The van der Waals surface area contributed by atoms with Crippen molar-refractivity contribution in [1.29, 1.82) is 0 Å². The number of hydrogen-bond donors (Lipinski definition) is 3. The largest absolute Gasteiger partial charge is 0.439 e. The first-order valence-electron chi connectivity index (χ1n) is 11.8. The number of urea groups is 1. The van der Waals surface area contributed by atoms with Gasteiger partial charge in [-0.25, -0.2) is 15.6 Å². The summed E-state index contributed by atoms with van der Waals surface area (Å²) in [6, 6.07) is 12.8. The summed E-state index contributed by atoms with van der Waals surface area (Å²) in [5, 5.41) is 2.56. The van der Waals surface area contributed by atoms with Gasteiger partial charge in [0.2, 0.25) is 5.88 Å². The van der Waals surface area contributed by atoms with Crippen LogP contribution in [0.3, 0.4) is 0 Å². The average Bonchev–Trinajstić information content (AvgIpc) is 2.93. The number of amides is 4. The number of ether oxygens (including phenoxy) is 1. The molecule has 16 heteroatoms. The molecular formula is C26H28Cl3F3N6O4. The first-order valence-corrected chi connectivity index (χ1v) is 11.8. The van der Waals surface area contributed by atoms with Crippen LogP contribution in [-0.2, 0) is 6.18 Å². The number of piperazine rings is 1. The molecule has 1 saturated heterocycles. The zero-order valence-corrected chi connectivity index (χ0v) is 24.4. The minimum absolute atomic E-state index is 0. The molecule has 1 atom stereocenters. The number of nitrogens with zero attached hydrogens (tertiary/aromatic N) is 3. The smallest absolute Gasteiger partial charge is 0.416 e. The Bertz CT molecular complexity index is 1350. The summed E-state index contributed by atoms with van der Waals surface area (Å²) in [5.74, 6) is 5.08. The number of hydrogen-bond acceptors (Lipinski definition) is 6. The van der Waals surface area contributed by atoms with E-state index in [0.29, 0.717) is 36.6 Å². The lowest BCUT2D eigenvalue weighted by molar-refractivity contribution is -0.137. The minimum atomic E-state index is -4.48. The fraction of sp³-hybridized carbons (Fsp3) is 0.231. The molecular weight excluding hydrogens is 624 g/mol. The van der Waals surface area contributed by atoms with Crippen molar-refractivity contribution in [1.82, 2.24) is 20.2 Å². The number of nitrogens with two attached hydrogens (primary N) is 1. The third-order valence-electron chi connectivity index (χ3n) is 6.09. The second-order valence-electron chi connectivity index (χ2n) is 8.78. The van der Waals surface area contributed by atoms with Gasteiger partial charge in [0.25, 0.3) is 11.8 Å². The summed E-state index contributed by atoms with van der Waals surface area (Å²) in [4.78, 5) is 44.4. The fourth-order valence-corrected chi connectivity index (χ4v) is 4.02. The Morgan fingerprint density at radius 1 is 0.929 bits per heavy atom. The fourth-order valence-electron chi connectivity index (χ4n) is 4.02. The number of pyridine rings is 1. The predicted molar refractivity (Wildman–Crippen MR) is 157 cm³/mol. The molecule has 0 aliphatic carbocycles. The molecule has 1 fully saturated rings. The molecule has 2 heterocycles. The molecule has 3 aromatic rings. The Morgan fingerprint density at radius 3 is 2.07 bits per heavy atom. The molecule has 42 heavy (non-hydrogen) atoms. The van der Waals surface area contributed by atoms with Crippen molar-refractivity contribution in [3.05, 3.63) is 83.6 Å². The number of carbonyl (C=O) groups is 3. The highest BCUT2D eigenvalue weighted by Crippen LogP contribution is 2.29. The van der Waals surface area contributed by atoms with Crippen molar-refractivity contribution < 1.29 is 32.3 Å². The normalized spacial score (nSPS) is 14.4. The van der Waals surface area contributed by atoms with Gasteiger partial charge >= 0.3 is 12.2 Å². The Balaban J connectivity index is 0.00000294. The summed E-state index contributed by atoms with van der Waals surface area (Å²) in [5.41, 5.74) is 2.10. The van der Waals surface area contributed by atoms with Gasteiger partial charge in [-0.05, 0) is 61.5 Å². The molecule has 4 N–H and O–H groups in total. The van der Waals surface area contributed by atoms with Crippen LogP contribution < -0.4 is 21.3 Å². The molecule has 4 rings (SSSR count). The maximum atomic E-state index is 13.0. The van der Waals surface area contributed by atoms with E-state index in [1.165, 1.54) is 18.3 Å². The molecule has 0 radical (unpaired) electrons. The van der Waals surface area contributed by atoms with Crippen molar-refractivity contribution in [3.63, 3.8) is 0 Å². The average molecular weight is 652 g/mol. The van der Waals surface area contributed by atoms with Crippen LogP contribution in [0.15, 0.2) is 66.9 Å². The van der Waals surface area contributed by atoms with E-state index in [4.69, 9.17) is 10.6 Å². The van der Waals surface area contributed by atoms with Crippen LogP contribution in [0, 0.1) is 0 Å². The highest BCUT2D eigenvalue weighted by molar-refractivity contribution is 6.04. The van der Waals surface area contributed by atoms with Gasteiger partial charge in [-0.15, -0.1) is 37.2 Å². The molecule has 10 nitrogen and oxygen atoms in total. The number of halogens is 6. The van der Waals surface area contributed by atoms with Gasteiger partial charge in [0, 0.05) is 42.9 Å². The number of anilines is 1. The number of carbonyl (C=O) groups excluding carboxylic acids is 3. The van der Waals surface area contributed by atoms with Gasteiger partial charge < -0.3 is 19.9 Å². The van der Waals surface area contributed by atoms with Gasteiger partial charge in [-0.1, -0.05) is 0 Å². The minimum Gasteiger partial charge on any atom is -0.439 e. The van der Waals surface area contributed by atoms with E-state index in [2.05, 4.69) is 15.7 Å². The Labute approximate surface area is 258 Å². The monoisotopic (exact) mass is 650 g/mol. The van der Waals surface area contributed by atoms with Crippen molar-refractivity contribution in [3.8, 4) is 11.6 Å². The summed E-state index contributed by atoms with van der Waals surface area (Å²) < 4.78 is 43.8. The lowest BCUT2D eigenvalue weighted by atomic mass is 10.1. The van der Waals surface area contributed by atoms with Crippen LogP contribution >= 0.6 is 37.2 Å². The first kappa shape index (κ1) is 36.2. The Hall–Kier alpha value is -3.78. The van der Waals surface area contributed by atoms with Crippen LogP contribution in [0.5, 0.6) is 11.6 Å². The summed E-state index contributed by atoms with van der Waals surface area (Å²) >= 11 is 0. The molecule has 228 valence electrons. The molecule has 4 amide bonds. The number of alkyl halides is 3. The van der Waals surface area contributed by atoms with E-state index < -0.39 is 23.7 Å². The van der Waals surface area contributed by atoms with Crippen LogP contribution in [0.4, 0.5) is 23.7 Å². The summed E-state index contributed by atoms with van der Waals surface area (Å²) in [7, 11) is 0. The SMILES string of the molecule is CC1CN(C(=O)NN)CCN1C(=O)c1ccc(Oc2ccc(NC(=O)c3ccc(C(F)(F)F)cc3)cn2)cc1.Cl.Cl.Cl.